The first-order chi connectivity index (χ1) is 12.7. The number of carbonyl (C=O) groups is 1. The lowest BCUT2D eigenvalue weighted by atomic mass is 10.1. The van der Waals surface area contributed by atoms with Crippen molar-refractivity contribution in [1.82, 2.24) is 5.32 Å². The fourth-order valence-electron chi connectivity index (χ4n) is 2.61. The van der Waals surface area contributed by atoms with Crippen LogP contribution in [0.4, 0.5) is 4.39 Å². The fourth-order valence-corrected chi connectivity index (χ4v) is 3.68. The van der Waals surface area contributed by atoms with Gasteiger partial charge in [0.05, 0.1) is 0 Å². The maximum atomic E-state index is 13.0. The number of carbonyl (C=O) groups excluding carboxylic acids is 1. The molecule has 1 unspecified atom stereocenters. The van der Waals surface area contributed by atoms with Crippen LogP contribution in [0.3, 0.4) is 0 Å². The van der Waals surface area contributed by atoms with Crippen molar-refractivity contribution in [2.24, 2.45) is 0 Å². The van der Waals surface area contributed by atoms with Crippen molar-refractivity contribution in [3.63, 3.8) is 0 Å². The summed E-state index contributed by atoms with van der Waals surface area (Å²) < 4.78 is 13.0. The van der Waals surface area contributed by atoms with Gasteiger partial charge in [-0.25, -0.2) is 4.39 Å². The first-order valence-corrected chi connectivity index (χ1v) is 9.39. The van der Waals surface area contributed by atoms with Crippen molar-refractivity contribution < 1.29 is 9.18 Å². The molecule has 3 aromatic rings. The average molecular weight is 365 g/mol. The van der Waals surface area contributed by atoms with Crippen LogP contribution in [-0.4, -0.2) is 12.5 Å². The zero-order valence-electron chi connectivity index (χ0n) is 14.3. The van der Waals surface area contributed by atoms with Crippen LogP contribution in [0.15, 0.2) is 89.8 Å². The lowest BCUT2D eigenvalue weighted by molar-refractivity contribution is -0.120. The Morgan fingerprint density at radius 3 is 2.15 bits per heavy atom. The minimum Gasteiger partial charge on any atom is -0.355 e. The summed E-state index contributed by atoms with van der Waals surface area (Å²) in [6, 6.07) is 26.1. The van der Waals surface area contributed by atoms with E-state index in [4.69, 9.17) is 0 Å². The first-order valence-electron chi connectivity index (χ1n) is 8.51. The van der Waals surface area contributed by atoms with Crippen LogP contribution in [0.25, 0.3) is 0 Å². The molecule has 4 heteroatoms. The Hall–Kier alpha value is -2.59. The number of thioether (sulfide) groups is 1. The molecule has 3 aromatic carbocycles. The minimum absolute atomic E-state index is 0.0211. The van der Waals surface area contributed by atoms with Crippen LogP contribution in [0.1, 0.15) is 16.4 Å². The van der Waals surface area contributed by atoms with Gasteiger partial charge < -0.3 is 5.32 Å². The van der Waals surface area contributed by atoms with Crippen molar-refractivity contribution >= 4 is 17.7 Å². The maximum Gasteiger partial charge on any atom is 0.238 e. The Morgan fingerprint density at radius 1 is 0.885 bits per heavy atom. The van der Waals surface area contributed by atoms with E-state index in [1.807, 2.05) is 60.7 Å². The van der Waals surface area contributed by atoms with Crippen molar-refractivity contribution in [1.29, 1.82) is 0 Å². The SMILES string of the molecule is O=C(NCCc1ccc(F)cc1)C(Sc1ccccc1)c1ccccc1. The van der Waals surface area contributed by atoms with Gasteiger partial charge in [-0.05, 0) is 41.8 Å². The molecule has 1 atom stereocenters. The fraction of sp³-hybridized carbons (Fsp3) is 0.136. The highest BCUT2D eigenvalue weighted by atomic mass is 32.2. The van der Waals surface area contributed by atoms with Gasteiger partial charge in [-0.2, -0.15) is 0 Å². The second-order valence-electron chi connectivity index (χ2n) is 5.89. The third-order valence-corrected chi connectivity index (χ3v) is 5.23. The quantitative estimate of drug-likeness (QED) is 0.596. The number of halogens is 1. The maximum absolute atomic E-state index is 13.0. The number of hydrogen-bond donors (Lipinski definition) is 1. The molecule has 0 radical (unpaired) electrons. The average Bonchev–Trinajstić information content (AvgIpc) is 2.69. The smallest absolute Gasteiger partial charge is 0.238 e. The van der Waals surface area contributed by atoms with Gasteiger partial charge >= 0.3 is 0 Å². The number of amides is 1. The van der Waals surface area contributed by atoms with Gasteiger partial charge in [-0.15, -0.1) is 11.8 Å². The third-order valence-electron chi connectivity index (χ3n) is 3.96. The van der Waals surface area contributed by atoms with Crippen LogP contribution >= 0.6 is 11.8 Å². The van der Waals surface area contributed by atoms with E-state index in [0.29, 0.717) is 13.0 Å². The van der Waals surface area contributed by atoms with E-state index in [-0.39, 0.29) is 17.0 Å². The highest BCUT2D eigenvalue weighted by Gasteiger charge is 2.21. The number of nitrogens with one attached hydrogen (secondary N) is 1. The topological polar surface area (TPSA) is 29.1 Å². The van der Waals surface area contributed by atoms with Crippen LogP contribution in [-0.2, 0) is 11.2 Å². The largest absolute Gasteiger partial charge is 0.355 e. The number of rotatable bonds is 7. The first kappa shape index (κ1) is 18.2. The monoisotopic (exact) mass is 365 g/mol. The van der Waals surface area contributed by atoms with E-state index < -0.39 is 0 Å². The molecule has 0 aliphatic carbocycles. The zero-order valence-corrected chi connectivity index (χ0v) is 15.1. The second-order valence-corrected chi connectivity index (χ2v) is 7.07. The Morgan fingerprint density at radius 2 is 1.50 bits per heavy atom. The molecule has 0 spiro atoms. The summed E-state index contributed by atoms with van der Waals surface area (Å²) in [5.41, 5.74) is 1.97. The van der Waals surface area contributed by atoms with E-state index in [9.17, 15) is 9.18 Å². The lowest BCUT2D eigenvalue weighted by Gasteiger charge is -2.17. The Balaban J connectivity index is 1.65. The molecular weight excluding hydrogens is 345 g/mol. The van der Waals surface area contributed by atoms with Crippen molar-refractivity contribution in [2.75, 3.05) is 6.54 Å². The summed E-state index contributed by atoms with van der Waals surface area (Å²) in [5.74, 6) is -0.270. The summed E-state index contributed by atoms with van der Waals surface area (Å²) in [4.78, 5) is 13.9. The molecule has 1 amide bonds. The van der Waals surface area contributed by atoms with E-state index in [2.05, 4.69) is 5.32 Å². The van der Waals surface area contributed by atoms with Gasteiger partial charge in [0.15, 0.2) is 0 Å². The number of benzene rings is 3. The lowest BCUT2D eigenvalue weighted by Crippen LogP contribution is -2.29. The van der Waals surface area contributed by atoms with Gasteiger partial charge in [-0.3, -0.25) is 4.79 Å². The molecule has 0 aliphatic rings. The summed E-state index contributed by atoms with van der Waals surface area (Å²) in [7, 11) is 0. The molecule has 0 saturated carbocycles. The van der Waals surface area contributed by atoms with Gasteiger partial charge in [0.25, 0.3) is 0 Å². The highest BCUT2D eigenvalue weighted by molar-refractivity contribution is 8.00. The summed E-state index contributed by atoms with van der Waals surface area (Å²) in [6.07, 6.45) is 0.670. The third kappa shape index (κ3) is 5.20. The van der Waals surface area contributed by atoms with Crippen LogP contribution in [0.2, 0.25) is 0 Å². The summed E-state index contributed by atoms with van der Waals surface area (Å²) in [5, 5.41) is 2.70. The van der Waals surface area contributed by atoms with Gasteiger partial charge in [0.1, 0.15) is 11.1 Å². The molecule has 0 fully saturated rings. The Kier molecular flexibility index (Phi) is 6.45. The van der Waals surface area contributed by atoms with Gasteiger partial charge in [0, 0.05) is 11.4 Å². The molecular formula is C22H20FNOS. The second kappa shape index (κ2) is 9.20. The minimum atomic E-state index is -0.313. The molecule has 3 rings (SSSR count). The van der Waals surface area contributed by atoms with E-state index in [1.54, 1.807) is 12.1 Å². The molecule has 0 aliphatic heterocycles. The van der Waals surface area contributed by atoms with E-state index >= 15 is 0 Å². The van der Waals surface area contributed by atoms with Gasteiger partial charge in [-0.1, -0.05) is 60.7 Å². The Labute approximate surface area is 157 Å². The highest BCUT2D eigenvalue weighted by Crippen LogP contribution is 2.35. The molecule has 0 heterocycles. The normalized spacial score (nSPS) is 11.7. The molecule has 0 aromatic heterocycles. The molecule has 0 bridgehead atoms. The van der Waals surface area contributed by atoms with Crippen LogP contribution in [0, 0.1) is 5.82 Å². The predicted octanol–water partition coefficient (Wildman–Crippen LogP) is 5.02. The Bertz CT molecular complexity index is 822. The van der Waals surface area contributed by atoms with Crippen molar-refractivity contribution in [3.8, 4) is 0 Å². The molecule has 2 nitrogen and oxygen atoms in total. The molecule has 0 saturated heterocycles. The summed E-state index contributed by atoms with van der Waals surface area (Å²) in [6.45, 7) is 0.517. The predicted molar refractivity (Wildman–Crippen MR) is 105 cm³/mol. The molecule has 132 valence electrons. The van der Waals surface area contributed by atoms with Crippen molar-refractivity contribution in [2.45, 2.75) is 16.6 Å². The number of hydrogen-bond acceptors (Lipinski definition) is 2. The molecule has 26 heavy (non-hydrogen) atoms. The van der Waals surface area contributed by atoms with E-state index in [0.717, 1.165) is 16.0 Å². The standard InChI is InChI=1S/C22H20FNOS/c23-19-13-11-17(12-14-19)15-16-24-22(25)21(18-7-3-1-4-8-18)26-20-9-5-2-6-10-20/h1-14,21H,15-16H2,(H,24,25). The van der Waals surface area contributed by atoms with Gasteiger partial charge in [0.2, 0.25) is 5.91 Å². The van der Waals surface area contributed by atoms with Crippen LogP contribution in [0.5, 0.6) is 0 Å². The zero-order chi connectivity index (χ0) is 18.2. The van der Waals surface area contributed by atoms with Crippen molar-refractivity contribution in [3.05, 3.63) is 102 Å². The summed E-state index contributed by atoms with van der Waals surface area (Å²) >= 11 is 1.54. The van der Waals surface area contributed by atoms with E-state index in [1.165, 1.54) is 23.9 Å². The molecule has 1 N–H and O–H groups in total. The van der Waals surface area contributed by atoms with Crippen LogP contribution < -0.4 is 5.32 Å².